The molecule has 0 bridgehead atoms. The van der Waals surface area contributed by atoms with Crippen LogP contribution in [0.3, 0.4) is 0 Å². The first-order valence-corrected chi connectivity index (χ1v) is 7.61. The van der Waals surface area contributed by atoms with Gasteiger partial charge < -0.3 is 10.1 Å². The van der Waals surface area contributed by atoms with E-state index in [4.69, 9.17) is 4.74 Å². The van der Waals surface area contributed by atoms with E-state index in [1.165, 1.54) is 18.2 Å². The second-order valence-electron chi connectivity index (χ2n) is 4.38. The van der Waals surface area contributed by atoms with E-state index in [-0.39, 0.29) is 11.7 Å². The van der Waals surface area contributed by atoms with Crippen LogP contribution in [0.5, 0.6) is 5.75 Å². The predicted octanol–water partition coefficient (Wildman–Crippen LogP) is 4.92. The van der Waals surface area contributed by atoms with Crippen LogP contribution in [-0.4, -0.2) is 13.0 Å². The number of nitrogens with one attached hydrogen (secondary N) is 1. The maximum absolute atomic E-state index is 13.1. The molecule has 1 N–H and O–H groups in total. The van der Waals surface area contributed by atoms with Crippen molar-refractivity contribution in [3.05, 3.63) is 56.2 Å². The van der Waals surface area contributed by atoms with Crippen LogP contribution in [-0.2, 0) is 0 Å². The van der Waals surface area contributed by atoms with Gasteiger partial charge in [-0.2, -0.15) is 0 Å². The highest BCUT2D eigenvalue weighted by Gasteiger charge is 2.13. The lowest BCUT2D eigenvalue weighted by molar-refractivity contribution is 0.102. The highest BCUT2D eigenvalue weighted by atomic mass is 79.9. The summed E-state index contributed by atoms with van der Waals surface area (Å²) in [5.41, 5.74) is 1.57. The fraction of sp³-hybridized carbons (Fsp3) is 0.133. The van der Waals surface area contributed by atoms with Crippen molar-refractivity contribution in [3.8, 4) is 5.75 Å². The van der Waals surface area contributed by atoms with Gasteiger partial charge in [-0.1, -0.05) is 0 Å². The molecule has 0 spiro atoms. The molecule has 2 aromatic carbocycles. The second kappa shape index (κ2) is 6.58. The van der Waals surface area contributed by atoms with E-state index < -0.39 is 0 Å². The van der Waals surface area contributed by atoms with Crippen molar-refractivity contribution in [2.24, 2.45) is 0 Å². The zero-order valence-electron chi connectivity index (χ0n) is 11.3. The first-order valence-electron chi connectivity index (χ1n) is 6.03. The van der Waals surface area contributed by atoms with Gasteiger partial charge in [0.1, 0.15) is 11.6 Å². The SMILES string of the molecule is COc1cc(NC(=O)c2ccc(F)cc2C)c(Br)cc1Br. The monoisotopic (exact) mass is 415 g/mol. The molecule has 0 aliphatic carbocycles. The van der Waals surface area contributed by atoms with Gasteiger partial charge in [0.2, 0.25) is 0 Å². The van der Waals surface area contributed by atoms with Gasteiger partial charge in [-0.3, -0.25) is 4.79 Å². The molecule has 0 radical (unpaired) electrons. The average Bonchev–Trinajstić information content (AvgIpc) is 2.41. The summed E-state index contributed by atoms with van der Waals surface area (Å²) in [5.74, 6) is -0.0718. The van der Waals surface area contributed by atoms with Gasteiger partial charge in [-0.15, -0.1) is 0 Å². The number of carbonyl (C=O) groups is 1. The van der Waals surface area contributed by atoms with Crippen molar-refractivity contribution in [1.29, 1.82) is 0 Å². The minimum atomic E-state index is -0.365. The zero-order valence-corrected chi connectivity index (χ0v) is 14.5. The summed E-state index contributed by atoms with van der Waals surface area (Å²) in [5, 5.41) is 2.78. The Morgan fingerprint density at radius 1 is 1.19 bits per heavy atom. The summed E-state index contributed by atoms with van der Waals surface area (Å²) < 4.78 is 19.8. The van der Waals surface area contributed by atoms with Gasteiger partial charge in [0.05, 0.1) is 17.3 Å². The van der Waals surface area contributed by atoms with Gasteiger partial charge in [0, 0.05) is 16.1 Å². The molecule has 0 aliphatic heterocycles. The smallest absolute Gasteiger partial charge is 0.255 e. The number of hydrogen-bond donors (Lipinski definition) is 1. The maximum Gasteiger partial charge on any atom is 0.255 e. The van der Waals surface area contributed by atoms with Crippen molar-refractivity contribution < 1.29 is 13.9 Å². The van der Waals surface area contributed by atoms with Gasteiger partial charge in [-0.05, 0) is 68.6 Å². The fourth-order valence-corrected chi connectivity index (χ4v) is 3.11. The minimum Gasteiger partial charge on any atom is -0.495 e. The number of halogens is 3. The molecule has 2 aromatic rings. The van der Waals surface area contributed by atoms with Crippen LogP contribution in [0.25, 0.3) is 0 Å². The molecule has 0 unspecified atom stereocenters. The van der Waals surface area contributed by atoms with Gasteiger partial charge >= 0.3 is 0 Å². The predicted molar refractivity (Wildman–Crippen MR) is 87.5 cm³/mol. The van der Waals surface area contributed by atoms with Crippen LogP contribution in [0, 0.1) is 12.7 Å². The summed E-state index contributed by atoms with van der Waals surface area (Å²) in [7, 11) is 1.55. The Kier molecular flexibility index (Phi) is 5.00. The van der Waals surface area contributed by atoms with Crippen molar-refractivity contribution in [3.63, 3.8) is 0 Å². The highest BCUT2D eigenvalue weighted by molar-refractivity contribution is 9.11. The average molecular weight is 417 g/mol. The maximum atomic E-state index is 13.1. The van der Waals surface area contributed by atoms with Crippen molar-refractivity contribution in [2.75, 3.05) is 12.4 Å². The number of carbonyl (C=O) groups excluding carboxylic acids is 1. The number of aryl methyl sites for hydroxylation is 1. The number of methoxy groups -OCH3 is 1. The van der Waals surface area contributed by atoms with Crippen LogP contribution < -0.4 is 10.1 Å². The molecule has 21 heavy (non-hydrogen) atoms. The Morgan fingerprint density at radius 3 is 2.52 bits per heavy atom. The standard InChI is InChI=1S/C15H12Br2FNO2/c1-8-5-9(18)3-4-10(8)15(20)19-13-7-14(21-2)12(17)6-11(13)16/h3-7H,1-2H3,(H,19,20). The number of anilines is 1. The molecule has 2 rings (SSSR count). The molecule has 3 nitrogen and oxygen atoms in total. The van der Waals surface area contributed by atoms with E-state index in [0.717, 1.165) is 4.47 Å². The van der Waals surface area contributed by atoms with E-state index in [9.17, 15) is 9.18 Å². The van der Waals surface area contributed by atoms with Crippen LogP contribution in [0.2, 0.25) is 0 Å². The lowest BCUT2D eigenvalue weighted by Crippen LogP contribution is -2.14. The Hall–Kier alpha value is -1.40. The molecule has 6 heteroatoms. The van der Waals surface area contributed by atoms with E-state index in [0.29, 0.717) is 27.0 Å². The molecule has 0 atom stereocenters. The summed E-state index contributed by atoms with van der Waals surface area (Å²) in [6.07, 6.45) is 0. The van der Waals surface area contributed by atoms with Gasteiger partial charge in [0.15, 0.2) is 0 Å². The number of rotatable bonds is 3. The second-order valence-corrected chi connectivity index (χ2v) is 6.09. The molecule has 110 valence electrons. The molecular weight excluding hydrogens is 405 g/mol. The molecule has 0 saturated heterocycles. The molecule has 0 saturated carbocycles. The summed E-state index contributed by atoms with van der Waals surface area (Å²) in [6, 6.07) is 7.53. The fourth-order valence-electron chi connectivity index (χ4n) is 1.85. The normalized spacial score (nSPS) is 10.3. The Balaban J connectivity index is 2.31. The molecule has 1 amide bonds. The van der Waals surface area contributed by atoms with Crippen LogP contribution in [0.4, 0.5) is 10.1 Å². The first kappa shape index (κ1) is 16.0. The highest BCUT2D eigenvalue weighted by Crippen LogP contribution is 2.34. The quantitative estimate of drug-likeness (QED) is 0.771. The van der Waals surface area contributed by atoms with Crippen LogP contribution in [0.1, 0.15) is 15.9 Å². The van der Waals surface area contributed by atoms with E-state index >= 15 is 0 Å². The first-order chi connectivity index (χ1) is 9.92. The van der Waals surface area contributed by atoms with E-state index in [1.807, 2.05) is 0 Å². The molecule has 0 heterocycles. The third kappa shape index (κ3) is 3.63. The molecule has 0 fully saturated rings. The Labute approximate surface area is 138 Å². The van der Waals surface area contributed by atoms with Crippen molar-refractivity contribution in [1.82, 2.24) is 0 Å². The summed E-state index contributed by atoms with van der Waals surface area (Å²) in [4.78, 5) is 12.3. The van der Waals surface area contributed by atoms with Crippen molar-refractivity contribution in [2.45, 2.75) is 6.92 Å². The van der Waals surface area contributed by atoms with Gasteiger partial charge in [0.25, 0.3) is 5.91 Å². The molecule has 0 aromatic heterocycles. The lowest BCUT2D eigenvalue weighted by Gasteiger charge is -2.12. The number of ether oxygens (including phenoxy) is 1. The third-order valence-electron chi connectivity index (χ3n) is 2.92. The van der Waals surface area contributed by atoms with Gasteiger partial charge in [-0.25, -0.2) is 4.39 Å². The topological polar surface area (TPSA) is 38.3 Å². The Bertz CT molecular complexity index is 704. The summed E-state index contributed by atoms with van der Waals surface area (Å²) >= 11 is 6.74. The Morgan fingerprint density at radius 2 is 1.90 bits per heavy atom. The van der Waals surface area contributed by atoms with Crippen LogP contribution in [0.15, 0.2) is 39.3 Å². The van der Waals surface area contributed by atoms with Crippen molar-refractivity contribution >= 4 is 43.5 Å². The number of benzene rings is 2. The lowest BCUT2D eigenvalue weighted by atomic mass is 10.1. The van der Waals surface area contributed by atoms with E-state index in [2.05, 4.69) is 37.2 Å². The zero-order chi connectivity index (χ0) is 15.6. The summed E-state index contributed by atoms with van der Waals surface area (Å²) in [6.45, 7) is 1.69. The molecule has 0 aliphatic rings. The third-order valence-corrected chi connectivity index (χ3v) is 4.20. The minimum absolute atomic E-state index is 0.308. The largest absolute Gasteiger partial charge is 0.495 e. The van der Waals surface area contributed by atoms with E-state index in [1.54, 1.807) is 26.2 Å². The van der Waals surface area contributed by atoms with Crippen LogP contribution >= 0.6 is 31.9 Å². The number of hydrogen-bond acceptors (Lipinski definition) is 2. The number of amides is 1. The molecular formula is C15H12Br2FNO2.